The largest absolute Gasteiger partial charge is 0.380 e. The van der Waals surface area contributed by atoms with Crippen molar-refractivity contribution in [3.63, 3.8) is 0 Å². The molecule has 0 fully saturated rings. The summed E-state index contributed by atoms with van der Waals surface area (Å²) in [6.45, 7) is 2.97. The van der Waals surface area contributed by atoms with Gasteiger partial charge in [0, 0.05) is 18.7 Å². The Bertz CT molecular complexity index is 334. The lowest BCUT2D eigenvalue weighted by Gasteiger charge is -2.18. The highest BCUT2D eigenvalue weighted by molar-refractivity contribution is 5.39. The van der Waals surface area contributed by atoms with Gasteiger partial charge in [-0.15, -0.1) is 0 Å². The average Bonchev–Trinajstić information content (AvgIpc) is 2.01. The summed E-state index contributed by atoms with van der Waals surface area (Å²) in [5, 5.41) is 9.22. The second kappa shape index (κ2) is 4.76. The number of nitrogens with one attached hydrogen (secondary N) is 2. The van der Waals surface area contributed by atoms with E-state index in [1.807, 2.05) is 14.1 Å². The van der Waals surface area contributed by atoms with Crippen molar-refractivity contribution in [2.45, 2.75) is 13.0 Å². The second-order valence-electron chi connectivity index (χ2n) is 3.64. The normalized spacial score (nSPS) is 12.9. The van der Waals surface area contributed by atoms with E-state index in [4.69, 9.17) is 0 Å². The topological polar surface area (TPSA) is 61.0 Å². The maximum Gasteiger partial charge on any atom is 0.266 e. The van der Waals surface area contributed by atoms with Crippen LogP contribution in [0.5, 0.6) is 0 Å². The summed E-state index contributed by atoms with van der Waals surface area (Å²) in [4.78, 5) is 13.0. The van der Waals surface area contributed by atoms with Crippen LogP contribution in [0, 0.1) is 0 Å². The van der Waals surface area contributed by atoms with Crippen LogP contribution >= 0.6 is 0 Å². The third-order valence-corrected chi connectivity index (χ3v) is 1.72. The van der Waals surface area contributed by atoms with Gasteiger partial charge in [0.2, 0.25) is 0 Å². The maximum atomic E-state index is 10.9. The molecule has 78 valence electrons. The van der Waals surface area contributed by atoms with Gasteiger partial charge in [-0.25, -0.2) is 5.10 Å². The summed E-state index contributed by atoms with van der Waals surface area (Å²) in [5.74, 6) is 0. The van der Waals surface area contributed by atoms with Crippen molar-refractivity contribution in [2.75, 3.05) is 26.0 Å². The molecule has 2 N–H and O–H groups in total. The van der Waals surface area contributed by atoms with E-state index in [0.717, 1.165) is 12.2 Å². The predicted octanol–water partition coefficient (Wildman–Crippen LogP) is 0.132. The molecule has 1 aromatic heterocycles. The first kappa shape index (κ1) is 10.7. The summed E-state index contributed by atoms with van der Waals surface area (Å²) < 4.78 is 0. The zero-order valence-electron chi connectivity index (χ0n) is 8.74. The Hall–Kier alpha value is -1.36. The van der Waals surface area contributed by atoms with Crippen LogP contribution in [0.1, 0.15) is 6.92 Å². The summed E-state index contributed by atoms with van der Waals surface area (Å²) in [7, 11) is 4.02. The van der Waals surface area contributed by atoms with Crippen LogP contribution in [0.25, 0.3) is 0 Å². The average molecular weight is 196 g/mol. The molecule has 0 spiro atoms. The molecule has 0 radical (unpaired) electrons. The summed E-state index contributed by atoms with van der Waals surface area (Å²) in [5.41, 5.74) is 0.565. The SMILES string of the molecule is CC(CN(C)C)Nc1cn[nH]c(=O)c1. The first-order valence-electron chi connectivity index (χ1n) is 4.54. The number of likely N-dealkylation sites (N-methyl/N-ethyl adjacent to an activating group) is 1. The maximum absolute atomic E-state index is 10.9. The molecule has 14 heavy (non-hydrogen) atoms. The van der Waals surface area contributed by atoms with E-state index in [1.165, 1.54) is 6.07 Å². The van der Waals surface area contributed by atoms with Crippen LogP contribution in [0.2, 0.25) is 0 Å². The van der Waals surface area contributed by atoms with Crippen molar-refractivity contribution < 1.29 is 0 Å². The number of H-pyrrole nitrogens is 1. The van der Waals surface area contributed by atoms with Crippen LogP contribution in [0.3, 0.4) is 0 Å². The fraction of sp³-hybridized carbons (Fsp3) is 0.556. The molecule has 0 aromatic carbocycles. The van der Waals surface area contributed by atoms with Gasteiger partial charge in [0.15, 0.2) is 0 Å². The molecule has 5 nitrogen and oxygen atoms in total. The third-order valence-electron chi connectivity index (χ3n) is 1.72. The number of nitrogens with zero attached hydrogens (tertiary/aromatic N) is 2. The predicted molar refractivity (Wildman–Crippen MR) is 56.5 cm³/mol. The summed E-state index contributed by atoms with van der Waals surface area (Å²) in [6, 6.07) is 1.78. The molecule has 0 aliphatic carbocycles. The molecular weight excluding hydrogens is 180 g/mol. The highest BCUT2D eigenvalue weighted by Crippen LogP contribution is 2.01. The van der Waals surface area contributed by atoms with Crippen LogP contribution in [-0.4, -0.2) is 41.8 Å². The smallest absolute Gasteiger partial charge is 0.266 e. The summed E-state index contributed by atoms with van der Waals surface area (Å²) >= 11 is 0. The van der Waals surface area contributed by atoms with Crippen molar-refractivity contribution in [1.29, 1.82) is 0 Å². The van der Waals surface area contributed by atoms with Gasteiger partial charge in [-0.1, -0.05) is 0 Å². The van der Waals surface area contributed by atoms with Crippen LogP contribution < -0.4 is 10.9 Å². The van der Waals surface area contributed by atoms with E-state index in [-0.39, 0.29) is 11.6 Å². The molecule has 0 aliphatic heterocycles. The van der Waals surface area contributed by atoms with Gasteiger partial charge >= 0.3 is 0 Å². The first-order chi connectivity index (χ1) is 6.58. The number of aromatic nitrogens is 2. The standard InChI is InChI=1S/C9H16N4O/c1-7(6-13(2)3)11-8-4-9(14)12-10-5-8/h4-5,7H,6H2,1-3H3,(H2,11,12,14). The highest BCUT2D eigenvalue weighted by atomic mass is 16.1. The Labute approximate surface area is 83.1 Å². The van der Waals surface area contributed by atoms with E-state index in [0.29, 0.717) is 0 Å². The van der Waals surface area contributed by atoms with Crippen molar-refractivity contribution in [2.24, 2.45) is 0 Å². The Morgan fingerprint density at radius 1 is 1.64 bits per heavy atom. The number of hydrogen-bond donors (Lipinski definition) is 2. The molecule has 0 amide bonds. The molecule has 1 aromatic rings. The lowest BCUT2D eigenvalue weighted by molar-refractivity contribution is 0.392. The molecule has 1 heterocycles. The van der Waals surface area contributed by atoms with Crippen molar-refractivity contribution in [3.8, 4) is 0 Å². The molecule has 1 unspecified atom stereocenters. The van der Waals surface area contributed by atoms with Gasteiger partial charge in [-0.2, -0.15) is 5.10 Å². The van der Waals surface area contributed by atoms with Crippen molar-refractivity contribution in [3.05, 3.63) is 22.6 Å². The molecule has 0 saturated carbocycles. The van der Waals surface area contributed by atoms with Gasteiger partial charge in [-0.05, 0) is 21.0 Å². The molecule has 0 bridgehead atoms. The molecular formula is C9H16N4O. The molecule has 0 aliphatic rings. The number of anilines is 1. The van der Waals surface area contributed by atoms with E-state index in [9.17, 15) is 4.79 Å². The minimum atomic E-state index is -0.188. The molecule has 1 rings (SSSR count). The number of hydrogen-bond acceptors (Lipinski definition) is 4. The quantitative estimate of drug-likeness (QED) is 0.718. The zero-order chi connectivity index (χ0) is 10.6. The lowest BCUT2D eigenvalue weighted by atomic mass is 10.3. The highest BCUT2D eigenvalue weighted by Gasteiger charge is 2.03. The van der Waals surface area contributed by atoms with Crippen LogP contribution in [-0.2, 0) is 0 Å². The zero-order valence-corrected chi connectivity index (χ0v) is 8.74. The van der Waals surface area contributed by atoms with E-state index >= 15 is 0 Å². The van der Waals surface area contributed by atoms with E-state index in [2.05, 4.69) is 27.3 Å². The van der Waals surface area contributed by atoms with Gasteiger partial charge in [-0.3, -0.25) is 4.79 Å². The van der Waals surface area contributed by atoms with Crippen molar-refractivity contribution >= 4 is 5.69 Å². The Balaban J connectivity index is 2.56. The molecule has 1 atom stereocenters. The van der Waals surface area contributed by atoms with Gasteiger partial charge in [0.05, 0.1) is 11.9 Å². The fourth-order valence-corrected chi connectivity index (χ4v) is 1.33. The van der Waals surface area contributed by atoms with Gasteiger partial charge in [0.1, 0.15) is 0 Å². The third kappa shape index (κ3) is 3.57. The lowest BCUT2D eigenvalue weighted by Crippen LogP contribution is -2.30. The van der Waals surface area contributed by atoms with Crippen LogP contribution in [0.4, 0.5) is 5.69 Å². The van der Waals surface area contributed by atoms with Crippen LogP contribution in [0.15, 0.2) is 17.1 Å². The molecule has 5 heteroatoms. The van der Waals surface area contributed by atoms with Gasteiger partial charge < -0.3 is 10.2 Å². The second-order valence-corrected chi connectivity index (χ2v) is 3.64. The number of rotatable bonds is 4. The Kier molecular flexibility index (Phi) is 3.64. The van der Waals surface area contributed by atoms with Crippen molar-refractivity contribution in [1.82, 2.24) is 15.1 Å². The van der Waals surface area contributed by atoms with E-state index in [1.54, 1.807) is 6.20 Å². The minimum absolute atomic E-state index is 0.188. The number of aromatic amines is 1. The Morgan fingerprint density at radius 2 is 2.36 bits per heavy atom. The fourth-order valence-electron chi connectivity index (χ4n) is 1.33. The molecule has 0 saturated heterocycles. The first-order valence-corrected chi connectivity index (χ1v) is 4.54. The minimum Gasteiger partial charge on any atom is -0.380 e. The summed E-state index contributed by atoms with van der Waals surface area (Å²) in [6.07, 6.45) is 1.60. The Morgan fingerprint density at radius 3 is 2.93 bits per heavy atom. The van der Waals surface area contributed by atoms with Gasteiger partial charge in [0.25, 0.3) is 5.56 Å². The van der Waals surface area contributed by atoms with E-state index < -0.39 is 0 Å². The monoisotopic (exact) mass is 196 g/mol.